The van der Waals surface area contributed by atoms with Gasteiger partial charge < -0.3 is 0 Å². The zero-order valence-electron chi connectivity index (χ0n) is 20.2. The summed E-state index contributed by atoms with van der Waals surface area (Å²) >= 11 is 0. The fourth-order valence-corrected chi connectivity index (χ4v) is 4.81. The maximum atomic E-state index is 8.05. The zero-order chi connectivity index (χ0) is 24.0. The molecule has 0 bridgehead atoms. The minimum atomic E-state index is -0.214. The Bertz CT molecular complexity index is 1680. The van der Waals surface area contributed by atoms with E-state index in [0.717, 1.165) is 33.7 Å². The third kappa shape index (κ3) is 3.29. The van der Waals surface area contributed by atoms with Crippen LogP contribution in [-0.4, -0.2) is 14.5 Å². The van der Waals surface area contributed by atoms with E-state index in [0.29, 0.717) is 0 Å². The van der Waals surface area contributed by atoms with Crippen molar-refractivity contribution in [3.05, 3.63) is 127 Å². The molecule has 3 nitrogen and oxygen atoms in total. The molecule has 0 spiro atoms. The molecule has 0 aliphatic heterocycles. The molecule has 0 N–H and O–H groups in total. The van der Waals surface area contributed by atoms with Gasteiger partial charge in [0.05, 0.1) is 18.1 Å². The fraction of sp³-hybridized carbons (Fsp3) is 0.0968. The predicted octanol–water partition coefficient (Wildman–Crippen LogP) is 7.57. The summed E-state index contributed by atoms with van der Waals surface area (Å²) in [6.45, 7) is 4.43. The van der Waals surface area contributed by atoms with Crippen LogP contribution in [0.1, 0.15) is 26.5 Å². The second-order valence-electron chi connectivity index (χ2n) is 9.13. The van der Waals surface area contributed by atoms with Gasteiger partial charge in [0.1, 0.15) is 5.82 Å². The molecular formula is C31H25N3. The molecular weight excluding hydrogens is 414 g/mol. The normalized spacial score (nSPS) is 12.2. The maximum absolute atomic E-state index is 8.05. The third-order valence-electron chi connectivity index (χ3n) is 6.72. The van der Waals surface area contributed by atoms with Gasteiger partial charge in [-0.15, -0.1) is 0 Å². The average molecular weight is 441 g/mol. The van der Waals surface area contributed by atoms with Crippen LogP contribution in [0.15, 0.2) is 115 Å². The molecule has 0 aliphatic carbocycles. The van der Waals surface area contributed by atoms with Crippen molar-refractivity contribution in [2.45, 2.75) is 19.3 Å². The van der Waals surface area contributed by atoms with Crippen LogP contribution in [0.2, 0.25) is 0 Å². The van der Waals surface area contributed by atoms with Gasteiger partial charge in [-0.25, -0.2) is 4.98 Å². The highest BCUT2D eigenvalue weighted by Crippen LogP contribution is 2.36. The summed E-state index contributed by atoms with van der Waals surface area (Å²) in [5.41, 5.74) is 6.52. The lowest BCUT2D eigenvalue weighted by molar-refractivity contribution is 0.617. The van der Waals surface area contributed by atoms with Crippen molar-refractivity contribution < 1.29 is 1.37 Å². The number of fused-ring (bicyclic) bond motifs is 3. The van der Waals surface area contributed by atoms with E-state index in [1.807, 2.05) is 36.5 Å². The molecule has 0 amide bonds. The van der Waals surface area contributed by atoms with E-state index in [-0.39, 0.29) is 11.6 Å². The lowest BCUT2D eigenvalue weighted by Crippen LogP contribution is -2.20. The van der Waals surface area contributed by atoms with Crippen LogP contribution in [0, 0.1) is 0 Å². The molecule has 3 aromatic heterocycles. The molecule has 0 fully saturated rings. The highest BCUT2D eigenvalue weighted by atomic mass is 15.1. The number of hydrogen-bond acceptors (Lipinski definition) is 2. The predicted molar refractivity (Wildman–Crippen MR) is 140 cm³/mol. The molecule has 0 unspecified atom stereocenters. The van der Waals surface area contributed by atoms with Gasteiger partial charge >= 0.3 is 0 Å². The van der Waals surface area contributed by atoms with Crippen molar-refractivity contribution in [2.24, 2.45) is 0 Å². The summed E-state index contributed by atoms with van der Waals surface area (Å²) < 4.78 is 10.2. The van der Waals surface area contributed by atoms with Crippen LogP contribution < -0.4 is 0 Å². The van der Waals surface area contributed by atoms with Crippen LogP contribution in [0.5, 0.6) is 0 Å². The molecule has 3 aromatic carbocycles. The minimum Gasteiger partial charge on any atom is -0.294 e. The number of nitrogens with zero attached hydrogens (tertiary/aromatic N) is 3. The Labute approximate surface area is 200 Å². The Kier molecular flexibility index (Phi) is 4.51. The summed E-state index contributed by atoms with van der Waals surface area (Å²) in [5.74, 6) is 0.755. The van der Waals surface area contributed by atoms with Crippen molar-refractivity contribution in [3.8, 4) is 16.9 Å². The van der Waals surface area contributed by atoms with Gasteiger partial charge in [-0.1, -0.05) is 80.6 Å². The van der Waals surface area contributed by atoms with Crippen molar-refractivity contribution in [1.82, 2.24) is 14.5 Å². The molecule has 0 atom stereocenters. The van der Waals surface area contributed by atoms with Crippen molar-refractivity contribution >= 4 is 21.8 Å². The summed E-state index contributed by atoms with van der Waals surface area (Å²) in [4.78, 5) is 9.14. The van der Waals surface area contributed by atoms with Gasteiger partial charge in [0.15, 0.2) is 0 Å². The first kappa shape index (κ1) is 19.2. The van der Waals surface area contributed by atoms with E-state index in [1.54, 1.807) is 6.07 Å². The van der Waals surface area contributed by atoms with Crippen LogP contribution >= 0.6 is 0 Å². The molecule has 34 heavy (non-hydrogen) atoms. The quantitative estimate of drug-likeness (QED) is 0.283. The van der Waals surface area contributed by atoms with Crippen LogP contribution in [0.25, 0.3) is 38.8 Å². The first-order chi connectivity index (χ1) is 17.0. The highest BCUT2D eigenvalue weighted by Gasteiger charge is 2.24. The van der Waals surface area contributed by atoms with Gasteiger partial charge in [-0.2, -0.15) is 0 Å². The van der Waals surface area contributed by atoms with Crippen molar-refractivity contribution in [3.63, 3.8) is 0 Å². The molecule has 0 radical (unpaired) electrons. The van der Waals surface area contributed by atoms with E-state index in [9.17, 15) is 0 Å². The number of rotatable bonds is 4. The van der Waals surface area contributed by atoms with Gasteiger partial charge in [-0.05, 0) is 53.1 Å². The Hall–Kier alpha value is -4.24. The van der Waals surface area contributed by atoms with Gasteiger partial charge in [0.2, 0.25) is 0 Å². The molecule has 6 rings (SSSR count). The summed E-state index contributed by atoms with van der Waals surface area (Å²) in [6.07, 6.45) is 2.11. The molecule has 0 aliphatic rings. The molecule has 164 valence electrons. The molecule has 3 heterocycles. The summed E-state index contributed by atoms with van der Waals surface area (Å²) in [6, 6.07) is 35.4. The van der Waals surface area contributed by atoms with Crippen LogP contribution in [0.3, 0.4) is 0 Å². The summed E-state index contributed by atoms with van der Waals surface area (Å²) in [5, 5.41) is 2.35. The fourth-order valence-electron chi connectivity index (χ4n) is 4.81. The summed E-state index contributed by atoms with van der Waals surface area (Å²) in [7, 11) is 0. The Morgan fingerprint density at radius 1 is 0.676 bits per heavy atom. The molecule has 6 aromatic rings. The number of aromatic nitrogens is 3. The maximum Gasteiger partial charge on any atom is 0.137 e. The first-order valence-electron chi connectivity index (χ1n) is 12.0. The Morgan fingerprint density at radius 3 is 2.32 bits per heavy atom. The Morgan fingerprint density at radius 2 is 1.47 bits per heavy atom. The van der Waals surface area contributed by atoms with E-state index in [2.05, 4.69) is 95.1 Å². The second-order valence-corrected chi connectivity index (χ2v) is 9.13. The standard InChI is InChI=1S/C31H25N3/c1-31(2,29-14-5-7-18-32-29)24-11-9-10-22(20-24)23-16-17-26-25-12-3-4-13-27(25)34(28(26)21-23)30-15-6-8-19-33-30/h3-21H,1-2H3/i19D. The van der Waals surface area contributed by atoms with Crippen molar-refractivity contribution in [2.75, 3.05) is 0 Å². The molecule has 3 heteroatoms. The topological polar surface area (TPSA) is 30.7 Å². The van der Waals surface area contributed by atoms with E-state index < -0.39 is 0 Å². The van der Waals surface area contributed by atoms with Crippen LogP contribution in [-0.2, 0) is 5.41 Å². The van der Waals surface area contributed by atoms with Gasteiger partial charge in [0, 0.05) is 28.6 Å². The number of para-hydroxylation sites is 1. The molecule has 0 saturated heterocycles. The number of benzene rings is 3. The largest absolute Gasteiger partial charge is 0.294 e. The monoisotopic (exact) mass is 440 g/mol. The van der Waals surface area contributed by atoms with Gasteiger partial charge in [0.25, 0.3) is 0 Å². The van der Waals surface area contributed by atoms with Crippen LogP contribution in [0.4, 0.5) is 0 Å². The van der Waals surface area contributed by atoms with E-state index >= 15 is 0 Å². The van der Waals surface area contributed by atoms with E-state index in [1.165, 1.54) is 16.3 Å². The Balaban J connectivity index is 1.54. The van der Waals surface area contributed by atoms with Gasteiger partial charge in [-0.3, -0.25) is 9.55 Å². The van der Waals surface area contributed by atoms with E-state index in [4.69, 9.17) is 1.37 Å². The average Bonchev–Trinajstić information content (AvgIpc) is 3.23. The lowest BCUT2D eigenvalue weighted by atomic mass is 9.80. The molecule has 0 saturated carbocycles. The zero-order valence-corrected chi connectivity index (χ0v) is 19.2. The smallest absolute Gasteiger partial charge is 0.137 e. The highest BCUT2D eigenvalue weighted by molar-refractivity contribution is 6.10. The minimum absolute atomic E-state index is 0.214. The third-order valence-corrected chi connectivity index (χ3v) is 6.72. The number of hydrogen-bond donors (Lipinski definition) is 0. The first-order valence-corrected chi connectivity index (χ1v) is 11.5. The lowest BCUT2D eigenvalue weighted by Gasteiger charge is -2.25. The number of pyridine rings is 2. The second kappa shape index (κ2) is 7.96. The SMILES string of the molecule is [2H]c1cccc(-n2c3ccccc3c3ccc(-c4cccc(C(C)(C)c5ccccn5)c4)cc32)n1. The van der Waals surface area contributed by atoms with Crippen molar-refractivity contribution in [1.29, 1.82) is 0 Å².